The molecule has 6 heteroatoms. The van der Waals surface area contributed by atoms with Crippen molar-refractivity contribution in [3.05, 3.63) is 41.0 Å². The molecule has 0 aliphatic rings. The number of rotatable bonds is 4. The first-order valence-electron chi connectivity index (χ1n) is 5.62. The van der Waals surface area contributed by atoms with Crippen LogP contribution in [0.2, 0.25) is 5.02 Å². The lowest BCUT2D eigenvalue weighted by molar-refractivity contribution is -0.136. The van der Waals surface area contributed by atoms with Gasteiger partial charge in [-0.1, -0.05) is 23.7 Å². The van der Waals surface area contributed by atoms with E-state index in [0.29, 0.717) is 10.5 Å². The highest BCUT2D eigenvalue weighted by atomic mass is 35.5. The highest BCUT2D eigenvalue weighted by Crippen LogP contribution is 2.17. The maximum atomic E-state index is 11.8. The Morgan fingerprint density at radius 2 is 2.00 bits per heavy atom. The zero-order chi connectivity index (χ0) is 13.8. The van der Waals surface area contributed by atoms with E-state index in [1.807, 2.05) is 6.07 Å². The molecular weight excluding hydrogens is 268 g/mol. The second-order valence-corrected chi connectivity index (χ2v) is 4.37. The summed E-state index contributed by atoms with van der Waals surface area (Å²) in [7, 11) is 0. The van der Waals surface area contributed by atoms with Crippen LogP contribution in [0.4, 0.5) is 0 Å². The molecule has 0 fully saturated rings. The van der Waals surface area contributed by atoms with Crippen molar-refractivity contribution >= 4 is 34.4 Å². The molecule has 0 atom stereocenters. The first-order valence-corrected chi connectivity index (χ1v) is 6.00. The van der Waals surface area contributed by atoms with Crippen molar-refractivity contribution in [1.82, 2.24) is 10.3 Å². The van der Waals surface area contributed by atoms with Gasteiger partial charge in [0.05, 0.1) is 11.9 Å². The van der Waals surface area contributed by atoms with E-state index in [1.165, 1.54) is 0 Å². The van der Waals surface area contributed by atoms with Crippen LogP contribution in [0.5, 0.6) is 0 Å². The van der Waals surface area contributed by atoms with Gasteiger partial charge in [-0.3, -0.25) is 9.59 Å². The molecule has 0 radical (unpaired) electrons. The Morgan fingerprint density at radius 3 is 2.74 bits per heavy atom. The summed E-state index contributed by atoms with van der Waals surface area (Å²) in [4.78, 5) is 26.3. The molecular formula is C13H11ClN2O3. The first kappa shape index (κ1) is 13.3. The molecule has 2 rings (SSSR count). The van der Waals surface area contributed by atoms with E-state index in [2.05, 4.69) is 10.3 Å². The molecule has 2 aromatic rings. The highest BCUT2D eigenvalue weighted by molar-refractivity contribution is 6.31. The third kappa shape index (κ3) is 3.42. The van der Waals surface area contributed by atoms with Crippen LogP contribution < -0.4 is 5.32 Å². The van der Waals surface area contributed by atoms with Crippen LogP contribution in [0, 0.1) is 0 Å². The predicted molar refractivity (Wildman–Crippen MR) is 71.3 cm³/mol. The lowest BCUT2D eigenvalue weighted by atomic mass is 10.2. The lowest BCUT2D eigenvalue weighted by Gasteiger charge is -2.04. The van der Waals surface area contributed by atoms with Gasteiger partial charge in [-0.2, -0.15) is 0 Å². The number of benzene rings is 1. The van der Waals surface area contributed by atoms with Crippen LogP contribution in [0.15, 0.2) is 30.3 Å². The SMILES string of the molecule is O=C(O)CCNC(=O)c1ccc2ccc(Cl)cc2n1. The van der Waals surface area contributed by atoms with Gasteiger partial charge < -0.3 is 10.4 Å². The largest absolute Gasteiger partial charge is 0.481 e. The molecule has 0 unspecified atom stereocenters. The molecule has 5 nitrogen and oxygen atoms in total. The van der Waals surface area contributed by atoms with Crippen LogP contribution >= 0.6 is 11.6 Å². The molecule has 1 aromatic carbocycles. The van der Waals surface area contributed by atoms with Crippen LogP contribution in [0.1, 0.15) is 16.9 Å². The van der Waals surface area contributed by atoms with Crippen molar-refractivity contribution in [2.75, 3.05) is 6.54 Å². The summed E-state index contributed by atoms with van der Waals surface area (Å²) in [5, 5.41) is 12.4. The van der Waals surface area contributed by atoms with Crippen molar-refractivity contribution < 1.29 is 14.7 Å². The number of hydrogen-bond donors (Lipinski definition) is 2. The Balaban J connectivity index is 2.16. The number of halogens is 1. The molecule has 1 aromatic heterocycles. The normalized spacial score (nSPS) is 10.4. The first-order chi connectivity index (χ1) is 9.06. The van der Waals surface area contributed by atoms with Gasteiger partial charge in [0.15, 0.2) is 0 Å². The number of pyridine rings is 1. The Kier molecular flexibility index (Phi) is 3.97. The smallest absolute Gasteiger partial charge is 0.305 e. The number of aliphatic carboxylic acids is 1. The van der Waals surface area contributed by atoms with Gasteiger partial charge in [0.25, 0.3) is 5.91 Å². The van der Waals surface area contributed by atoms with E-state index in [4.69, 9.17) is 16.7 Å². The average Bonchev–Trinajstić information content (AvgIpc) is 2.37. The fourth-order valence-electron chi connectivity index (χ4n) is 1.59. The molecule has 0 saturated carbocycles. The lowest BCUT2D eigenvalue weighted by Crippen LogP contribution is -2.26. The molecule has 98 valence electrons. The van der Waals surface area contributed by atoms with E-state index in [9.17, 15) is 9.59 Å². The third-order valence-electron chi connectivity index (χ3n) is 2.51. The number of carboxylic acid groups (broad SMARTS) is 1. The topological polar surface area (TPSA) is 79.3 Å². The monoisotopic (exact) mass is 278 g/mol. The van der Waals surface area contributed by atoms with Crippen LogP contribution in [0.25, 0.3) is 10.9 Å². The average molecular weight is 279 g/mol. The Bertz CT molecular complexity index is 643. The van der Waals surface area contributed by atoms with E-state index >= 15 is 0 Å². The van der Waals surface area contributed by atoms with Crippen molar-refractivity contribution in [3.63, 3.8) is 0 Å². The summed E-state index contributed by atoms with van der Waals surface area (Å²) in [6.45, 7) is 0.0728. The summed E-state index contributed by atoms with van der Waals surface area (Å²) in [6.07, 6.45) is -0.120. The van der Waals surface area contributed by atoms with Gasteiger partial charge in [-0.05, 0) is 18.2 Å². The molecule has 2 N–H and O–H groups in total. The zero-order valence-electron chi connectivity index (χ0n) is 9.89. The van der Waals surface area contributed by atoms with E-state index in [1.54, 1.807) is 24.3 Å². The van der Waals surface area contributed by atoms with E-state index in [-0.39, 0.29) is 18.7 Å². The number of amides is 1. The quantitative estimate of drug-likeness (QED) is 0.897. The van der Waals surface area contributed by atoms with E-state index < -0.39 is 11.9 Å². The van der Waals surface area contributed by atoms with Gasteiger partial charge in [0.1, 0.15) is 5.69 Å². The minimum absolute atomic E-state index is 0.0728. The minimum Gasteiger partial charge on any atom is -0.481 e. The summed E-state index contributed by atoms with van der Waals surface area (Å²) in [5.41, 5.74) is 0.860. The Labute approximate surface area is 114 Å². The molecule has 0 bridgehead atoms. The second-order valence-electron chi connectivity index (χ2n) is 3.93. The number of carboxylic acids is 1. The van der Waals surface area contributed by atoms with Crippen molar-refractivity contribution in [3.8, 4) is 0 Å². The minimum atomic E-state index is -0.960. The van der Waals surface area contributed by atoms with Gasteiger partial charge in [-0.25, -0.2) is 4.98 Å². The zero-order valence-corrected chi connectivity index (χ0v) is 10.6. The maximum absolute atomic E-state index is 11.8. The Morgan fingerprint density at radius 1 is 1.26 bits per heavy atom. The number of carbonyl (C=O) groups is 2. The fraction of sp³-hybridized carbons (Fsp3) is 0.154. The molecule has 0 saturated heterocycles. The van der Waals surface area contributed by atoms with Gasteiger partial charge in [0.2, 0.25) is 0 Å². The van der Waals surface area contributed by atoms with Crippen LogP contribution in [-0.2, 0) is 4.79 Å². The van der Waals surface area contributed by atoms with Crippen molar-refractivity contribution in [2.24, 2.45) is 0 Å². The van der Waals surface area contributed by atoms with Crippen LogP contribution in [-0.4, -0.2) is 28.5 Å². The van der Waals surface area contributed by atoms with Crippen molar-refractivity contribution in [2.45, 2.75) is 6.42 Å². The van der Waals surface area contributed by atoms with Gasteiger partial charge in [-0.15, -0.1) is 0 Å². The molecule has 0 aliphatic heterocycles. The van der Waals surface area contributed by atoms with E-state index in [0.717, 1.165) is 5.39 Å². The third-order valence-corrected chi connectivity index (χ3v) is 2.75. The number of fused-ring (bicyclic) bond motifs is 1. The number of carbonyl (C=O) groups excluding carboxylic acids is 1. The number of hydrogen-bond acceptors (Lipinski definition) is 3. The van der Waals surface area contributed by atoms with Crippen molar-refractivity contribution in [1.29, 1.82) is 0 Å². The molecule has 0 aliphatic carbocycles. The summed E-state index contributed by atoms with van der Waals surface area (Å²) in [6, 6.07) is 8.59. The summed E-state index contributed by atoms with van der Waals surface area (Å²) < 4.78 is 0. The second kappa shape index (κ2) is 5.67. The summed E-state index contributed by atoms with van der Waals surface area (Å²) in [5.74, 6) is -1.36. The number of nitrogens with zero attached hydrogens (tertiary/aromatic N) is 1. The standard InChI is InChI=1S/C13H11ClN2O3/c14-9-3-1-8-2-4-10(16-11(8)7-9)13(19)15-6-5-12(17)18/h1-4,7H,5-6H2,(H,15,19)(H,17,18). The molecule has 1 heterocycles. The maximum Gasteiger partial charge on any atom is 0.305 e. The molecule has 19 heavy (non-hydrogen) atoms. The fourth-order valence-corrected chi connectivity index (χ4v) is 1.76. The van der Waals surface area contributed by atoms with Gasteiger partial charge in [0, 0.05) is 17.0 Å². The van der Waals surface area contributed by atoms with Gasteiger partial charge >= 0.3 is 5.97 Å². The Hall–Kier alpha value is -2.14. The van der Waals surface area contributed by atoms with Crippen LogP contribution in [0.3, 0.4) is 0 Å². The number of aromatic nitrogens is 1. The highest BCUT2D eigenvalue weighted by Gasteiger charge is 2.08. The summed E-state index contributed by atoms with van der Waals surface area (Å²) >= 11 is 5.86. The molecule has 1 amide bonds. The molecule has 0 spiro atoms. The number of nitrogens with one attached hydrogen (secondary N) is 1. The predicted octanol–water partition coefficient (Wildman–Crippen LogP) is 2.09.